The fourth-order valence-corrected chi connectivity index (χ4v) is 2.57. The second kappa shape index (κ2) is 8.72. The number of hydrogen-bond acceptors (Lipinski definition) is 4. The van der Waals surface area contributed by atoms with Gasteiger partial charge in [0.2, 0.25) is 0 Å². The Labute approximate surface area is 139 Å². The van der Waals surface area contributed by atoms with Crippen LogP contribution in [0.4, 0.5) is 5.82 Å². The van der Waals surface area contributed by atoms with Crippen LogP contribution in [-0.4, -0.2) is 55.1 Å². The highest BCUT2D eigenvalue weighted by Gasteiger charge is 2.16. The largest absolute Gasteiger partial charge is 0.370 e. The number of rotatable bonds is 6. The van der Waals surface area contributed by atoms with E-state index in [1.165, 1.54) is 0 Å². The van der Waals surface area contributed by atoms with Crippen molar-refractivity contribution in [3.05, 3.63) is 23.9 Å². The van der Waals surface area contributed by atoms with E-state index in [0.717, 1.165) is 50.6 Å². The van der Waals surface area contributed by atoms with Gasteiger partial charge in [-0.15, -0.1) is 0 Å². The van der Waals surface area contributed by atoms with E-state index in [1.54, 1.807) is 0 Å². The first-order chi connectivity index (χ1) is 11.1. The summed E-state index contributed by atoms with van der Waals surface area (Å²) in [5, 5.41) is 3.14. The molecule has 2 rings (SSSR count). The Balaban J connectivity index is 1.91. The lowest BCUT2D eigenvalue weighted by molar-refractivity contribution is 0.270. The monoisotopic (exact) mass is 318 g/mol. The molecule has 23 heavy (non-hydrogen) atoms. The predicted molar refractivity (Wildman–Crippen MR) is 96.7 cm³/mol. The number of nitrogens with one attached hydrogen (secondary N) is 1. The first-order valence-electron chi connectivity index (χ1n) is 8.54. The van der Waals surface area contributed by atoms with Gasteiger partial charge in [-0.25, -0.2) is 9.98 Å². The van der Waals surface area contributed by atoms with E-state index in [9.17, 15) is 0 Å². The first-order valence-corrected chi connectivity index (χ1v) is 8.54. The maximum absolute atomic E-state index is 5.89. The fraction of sp³-hybridized carbons (Fsp3) is 0.647. The van der Waals surface area contributed by atoms with E-state index in [2.05, 4.69) is 51.9 Å². The Morgan fingerprint density at radius 1 is 1.35 bits per heavy atom. The number of nitrogens with two attached hydrogens (primary N) is 1. The summed E-state index contributed by atoms with van der Waals surface area (Å²) >= 11 is 0. The van der Waals surface area contributed by atoms with Crippen LogP contribution in [0, 0.1) is 5.92 Å². The fourth-order valence-electron chi connectivity index (χ4n) is 2.57. The highest BCUT2D eigenvalue weighted by molar-refractivity contribution is 5.77. The molecule has 1 aromatic rings. The normalized spacial score (nSPS) is 16.9. The number of piperazine rings is 1. The lowest BCUT2D eigenvalue weighted by Crippen LogP contribution is -2.46. The summed E-state index contributed by atoms with van der Waals surface area (Å²) in [5.41, 5.74) is 7.03. The summed E-state index contributed by atoms with van der Waals surface area (Å²) in [6, 6.07) is 4.13. The number of guanidine groups is 1. The number of hydrogen-bond donors (Lipinski definition) is 2. The average molecular weight is 318 g/mol. The number of likely N-dealkylation sites (N-methyl/N-ethyl adjacent to an activating group) is 1. The molecule has 1 aliphatic rings. The van der Waals surface area contributed by atoms with Crippen molar-refractivity contribution in [1.82, 2.24) is 15.2 Å². The van der Waals surface area contributed by atoms with Crippen molar-refractivity contribution in [2.75, 3.05) is 44.2 Å². The van der Waals surface area contributed by atoms with Crippen LogP contribution in [0.3, 0.4) is 0 Å². The average Bonchev–Trinajstić information content (AvgIpc) is 2.58. The number of aliphatic imine (C=N–C) groups is 1. The molecule has 0 atom stereocenters. The molecule has 1 aromatic heterocycles. The van der Waals surface area contributed by atoms with Gasteiger partial charge < -0.3 is 20.9 Å². The lowest BCUT2D eigenvalue weighted by atomic mass is 10.2. The molecule has 3 N–H and O–H groups in total. The van der Waals surface area contributed by atoms with E-state index in [0.29, 0.717) is 18.4 Å². The van der Waals surface area contributed by atoms with Crippen LogP contribution in [0.5, 0.6) is 0 Å². The summed E-state index contributed by atoms with van der Waals surface area (Å²) in [7, 11) is 0. The molecule has 0 radical (unpaired) electrons. The molecule has 2 heterocycles. The molecule has 0 saturated carbocycles. The van der Waals surface area contributed by atoms with E-state index in [-0.39, 0.29) is 0 Å². The van der Waals surface area contributed by atoms with Crippen LogP contribution in [0.1, 0.15) is 26.3 Å². The standard InChI is InChI=1S/C17H30N6/c1-4-22-7-9-23(10-8-22)16-11-15(5-6-19-16)13-21-17(18)20-12-14(2)3/h5-6,11,14H,4,7-10,12-13H2,1-3H3,(H3,18,20,21). The quantitative estimate of drug-likeness (QED) is 0.611. The van der Waals surface area contributed by atoms with Crippen LogP contribution >= 0.6 is 0 Å². The van der Waals surface area contributed by atoms with E-state index in [4.69, 9.17) is 5.73 Å². The molecule has 6 heteroatoms. The minimum atomic E-state index is 0.508. The molecule has 0 spiro atoms. The number of aromatic nitrogens is 1. The van der Waals surface area contributed by atoms with Crippen LogP contribution in [-0.2, 0) is 6.54 Å². The van der Waals surface area contributed by atoms with Crippen LogP contribution in [0.2, 0.25) is 0 Å². The molecule has 128 valence electrons. The number of nitrogens with zero attached hydrogens (tertiary/aromatic N) is 4. The van der Waals surface area contributed by atoms with Crippen molar-refractivity contribution in [1.29, 1.82) is 0 Å². The molecule has 1 aliphatic heterocycles. The Morgan fingerprint density at radius 3 is 2.74 bits per heavy atom. The maximum atomic E-state index is 5.89. The van der Waals surface area contributed by atoms with Crippen molar-refractivity contribution in [2.45, 2.75) is 27.3 Å². The van der Waals surface area contributed by atoms with Gasteiger partial charge in [0.25, 0.3) is 0 Å². The van der Waals surface area contributed by atoms with Crippen molar-refractivity contribution in [2.24, 2.45) is 16.6 Å². The van der Waals surface area contributed by atoms with Crippen molar-refractivity contribution >= 4 is 11.8 Å². The Hall–Kier alpha value is -1.82. The smallest absolute Gasteiger partial charge is 0.188 e. The second-order valence-corrected chi connectivity index (χ2v) is 6.42. The van der Waals surface area contributed by atoms with Gasteiger partial charge in [-0.05, 0) is 30.2 Å². The van der Waals surface area contributed by atoms with Gasteiger partial charge in [0, 0.05) is 38.9 Å². The summed E-state index contributed by atoms with van der Waals surface area (Å²) < 4.78 is 0. The number of anilines is 1. The molecule has 1 fully saturated rings. The molecule has 0 unspecified atom stereocenters. The zero-order valence-electron chi connectivity index (χ0n) is 14.6. The highest BCUT2D eigenvalue weighted by Crippen LogP contribution is 2.15. The van der Waals surface area contributed by atoms with Gasteiger partial charge in [0.15, 0.2) is 5.96 Å². The first kappa shape index (κ1) is 17.5. The van der Waals surface area contributed by atoms with E-state index < -0.39 is 0 Å². The molecule has 0 aliphatic carbocycles. The molecule has 0 amide bonds. The molecule has 1 saturated heterocycles. The van der Waals surface area contributed by atoms with Crippen LogP contribution in [0.15, 0.2) is 23.3 Å². The summed E-state index contributed by atoms with van der Waals surface area (Å²) in [6.45, 7) is 13.3. The van der Waals surface area contributed by atoms with E-state index >= 15 is 0 Å². The van der Waals surface area contributed by atoms with Crippen LogP contribution < -0.4 is 16.0 Å². The molecule has 0 aromatic carbocycles. The molecular weight excluding hydrogens is 288 g/mol. The Bertz CT molecular complexity index is 506. The van der Waals surface area contributed by atoms with Gasteiger partial charge >= 0.3 is 0 Å². The summed E-state index contributed by atoms with van der Waals surface area (Å²) in [4.78, 5) is 13.7. The van der Waals surface area contributed by atoms with Crippen molar-refractivity contribution < 1.29 is 0 Å². The van der Waals surface area contributed by atoms with Crippen LogP contribution in [0.25, 0.3) is 0 Å². The molecular formula is C17H30N6. The minimum absolute atomic E-state index is 0.508. The zero-order valence-corrected chi connectivity index (χ0v) is 14.6. The molecule has 6 nitrogen and oxygen atoms in total. The van der Waals surface area contributed by atoms with Gasteiger partial charge in [-0.1, -0.05) is 20.8 Å². The van der Waals surface area contributed by atoms with Gasteiger partial charge in [-0.3, -0.25) is 0 Å². The zero-order chi connectivity index (χ0) is 16.7. The van der Waals surface area contributed by atoms with Gasteiger partial charge in [0.1, 0.15) is 5.82 Å². The highest BCUT2D eigenvalue weighted by atomic mass is 15.3. The Kier molecular flexibility index (Phi) is 6.65. The van der Waals surface area contributed by atoms with Gasteiger partial charge in [-0.2, -0.15) is 0 Å². The second-order valence-electron chi connectivity index (χ2n) is 6.42. The van der Waals surface area contributed by atoms with Gasteiger partial charge in [0.05, 0.1) is 6.54 Å². The summed E-state index contributed by atoms with van der Waals surface area (Å²) in [6.07, 6.45) is 1.87. The lowest BCUT2D eigenvalue weighted by Gasteiger charge is -2.34. The maximum Gasteiger partial charge on any atom is 0.188 e. The third kappa shape index (κ3) is 5.71. The SMILES string of the molecule is CCN1CCN(c2cc(CN=C(N)NCC(C)C)ccn2)CC1. The third-order valence-electron chi connectivity index (χ3n) is 4.08. The van der Waals surface area contributed by atoms with E-state index in [1.807, 2.05) is 12.3 Å². The topological polar surface area (TPSA) is 69.8 Å². The predicted octanol–water partition coefficient (Wildman–Crippen LogP) is 1.28. The summed E-state index contributed by atoms with van der Waals surface area (Å²) in [5.74, 6) is 2.11. The Morgan fingerprint density at radius 2 is 2.09 bits per heavy atom. The van der Waals surface area contributed by atoms with Crippen molar-refractivity contribution in [3.63, 3.8) is 0 Å². The minimum Gasteiger partial charge on any atom is -0.370 e. The molecule has 0 bridgehead atoms. The van der Waals surface area contributed by atoms with Crippen molar-refractivity contribution in [3.8, 4) is 0 Å². The third-order valence-corrected chi connectivity index (χ3v) is 4.08. The number of pyridine rings is 1.